The number of carbonyl (C=O) groups excluding carboxylic acids is 1. The topological polar surface area (TPSA) is 46.5 Å². The summed E-state index contributed by atoms with van der Waals surface area (Å²) in [5.41, 5.74) is -0.0971. The minimum atomic E-state index is -0.608. The van der Waals surface area contributed by atoms with E-state index in [1.54, 1.807) is 24.3 Å². The van der Waals surface area contributed by atoms with Crippen molar-refractivity contribution in [3.8, 4) is 0 Å². The number of esters is 1. The van der Waals surface area contributed by atoms with E-state index in [0.29, 0.717) is 36.3 Å². The van der Waals surface area contributed by atoms with E-state index in [1.807, 2.05) is 6.92 Å². The molecule has 0 bridgehead atoms. The molecule has 98 valence electrons. The smallest absolute Gasteiger partial charge is 0.338 e. The highest BCUT2D eigenvalue weighted by atomic mass is 35.5. The third kappa shape index (κ3) is 3.47. The highest BCUT2D eigenvalue weighted by molar-refractivity contribution is 6.30. The van der Waals surface area contributed by atoms with E-state index in [0.717, 1.165) is 0 Å². The molecule has 0 aliphatic heterocycles. The van der Waals surface area contributed by atoms with E-state index < -0.39 is 5.60 Å². The number of rotatable bonds is 2. The third-order valence-corrected chi connectivity index (χ3v) is 3.62. The molecule has 1 N–H and O–H groups in total. The van der Waals surface area contributed by atoms with Crippen molar-refractivity contribution >= 4 is 17.6 Å². The Kier molecular flexibility index (Phi) is 3.93. The Balaban J connectivity index is 1.90. The monoisotopic (exact) mass is 268 g/mol. The summed E-state index contributed by atoms with van der Waals surface area (Å²) in [6, 6.07) is 6.65. The quantitative estimate of drug-likeness (QED) is 0.838. The molecule has 2 rings (SSSR count). The van der Waals surface area contributed by atoms with E-state index >= 15 is 0 Å². The van der Waals surface area contributed by atoms with Crippen molar-refractivity contribution in [1.82, 2.24) is 0 Å². The lowest BCUT2D eigenvalue weighted by atomic mass is 9.85. The second kappa shape index (κ2) is 5.29. The number of aliphatic hydroxyl groups is 1. The van der Waals surface area contributed by atoms with Crippen LogP contribution in [0.5, 0.6) is 0 Å². The van der Waals surface area contributed by atoms with Gasteiger partial charge < -0.3 is 9.84 Å². The molecule has 1 aliphatic rings. The van der Waals surface area contributed by atoms with E-state index in [-0.39, 0.29) is 12.1 Å². The Morgan fingerprint density at radius 1 is 1.33 bits per heavy atom. The molecule has 18 heavy (non-hydrogen) atoms. The molecular formula is C14H17ClO3. The molecule has 0 radical (unpaired) electrons. The van der Waals surface area contributed by atoms with E-state index in [1.165, 1.54) is 0 Å². The summed E-state index contributed by atoms with van der Waals surface area (Å²) in [6.45, 7) is 1.82. The first-order valence-corrected chi connectivity index (χ1v) is 6.53. The minimum Gasteiger partial charge on any atom is -0.459 e. The van der Waals surface area contributed by atoms with Gasteiger partial charge in [-0.2, -0.15) is 0 Å². The SMILES string of the molecule is C[C@]1(O)CC[C@H](OC(=O)c2ccc(Cl)cc2)CC1. The Morgan fingerprint density at radius 3 is 2.44 bits per heavy atom. The second-order valence-corrected chi connectivity index (χ2v) is 5.54. The van der Waals surface area contributed by atoms with Crippen LogP contribution >= 0.6 is 11.6 Å². The van der Waals surface area contributed by atoms with Crippen LogP contribution in [0.4, 0.5) is 0 Å². The van der Waals surface area contributed by atoms with Crippen LogP contribution in [0.3, 0.4) is 0 Å². The van der Waals surface area contributed by atoms with Gasteiger partial charge in [0, 0.05) is 5.02 Å². The number of hydrogen-bond donors (Lipinski definition) is 1. The first kappa shape index (κ1) is 13.4. The van der Waals surface area contributed by atoms with E-state index in [4.69, 9.17) is 16.3 Å². The molecule has 0 saturated heterocycles. The summed E-state index contributed by atoms with van der Waals surface area (Å²) < 4.78 is 5.42. The molecular weight excluding hydrogens is 252 g/mol. The van der Waals surface area contributed by atoms with Crippen LogP contribution < -0.4 is 0 Å². The molecule has 1 aromatic rings. The Hall–Kier alpha value is -1.06. The second-order valence-electron chi connectivity index (χ2n) is 5.11. The Bertz CT molecular complexity index is 415. The van der Waals surface area contributed by atoms with Gasteiger partial charge in [0.25, 0.3) is 0 Å². The summed E-state index contributed by atoms with van der Waals surface area (Å²) in [5.74, 6) is -0.321. The molecule has 0 amide bonds. The maximum Gasteiger partial charge on any atom is 0.338 e. The van der Waals surface area contributed by atoms with Crippen molar-refractivity contribution in [2.45, 2.75) is 44.3 Å². The molecule has 3 nitrogen and oxygen atoms in total. The largest absolute Gasteiger partial charge is 0.459 e. The lowest BCUT2D eigenvalue weighted by Gasteiger charge is -2.32. The van der Waals surface area contributed by atoms with Gasteiger partial charge in [0.15, 0.2) is 0 Å². The van der Waals surface area contributed by atoms with E-state index in [2.05, 4.69) is 0 Å². The molecule has 1 fully saturated rings. The molecule has 1 saturated carbocycles. The van der Waals surface area contributed by atoms with Crippen molar-refractivity contribution in [2.24, 2.45) is 0 Å². The van der Waals surface area contributed by atoms with Gasteiger partial charge in [-0.3, -0.25) is 0 Å². The number of carbonyl (C=O) groups is 1. The van der Waals surface area contributed by atoms with Crippen LogP contribution in [0.2, 0.25) is 5.02 Å². The predicted octanol–water partition coefficient (Wildman–Crippen LogP) is 3.19. The zero-order valence-corrected chi connectivity index (χ0v) is 11.1. The van der Waals surface area contributed by atoms with Gasteiger partial charge in [-0.1, -0.05) is 11.6 Å². The Labute approximate surface area is 112 Å². The highest BCUT2D eigenvalue weighted by Crippen LogP contribution is 2.29. The number of halogens is 1. The number of hydrogen-bond acceptors (Lipinski definition) is 3. The zero-order valence-electron chi connectivity index (χ0n) is 10.4. The summed E-state index contributed by atoms with van der Waals surface area (Å²) >= 11 is 5.76. The summed E-state index contributed by atoms with van der Waals surface area (Å²) in [5, 5.41) is 10.4. The van der Waals surface area contributed by atoms with Gasteiger partial charge in [-0.05, 0) is 56.9 Å². The molecule has 0 heterocycles. The first-order chi connectivity index (χ1) is 8.46. The normalized spacial score (nSPS) is 27.8. The van der Waals surface area contributed by atoms with Gasteiger partial charge in [0.2, 0.25) is 0 Å². The van der Waals surface area contributed by atoms with Crippen molar-refractivity contribution < 1.29 is 14.6 Å². The summed E-state index contributed by atoms with van der Waals surface area (Å²) in [7, 11) is 0. The van der Waals surface area contributed by atoms with Crippen molar-refractivity contribution in [1.29, 1.82) is 0 Å². The summed E-state index contributed by atoms with van der Waals surface area (Å²) in [4.78, 5) is 11.9. The minimum absolute atomic E-state index is 0.0894. The van der Waals surface area contributed by atoms with Crippen molar-refractivity contribution in [3.63, 3.8) is 0 Å². The van der Waals surface area contributed by atoms with Gasteiger partial charge in [0.05, 0.1) is 11.2 Å². The molecule has 1 aliphatic carbocycles. The predicted molar refractivity (Wildman–Crippen MR) is 69.7 cm³/mol. The van der Waals surface area contributed by atoms with Crippen molar-refractivity contribution in [2.75, 3.05) is 0 Å². The fourth-order valence-electron chi connectivity index (χ4n) is 2.14. The number of benzene rings is 1. The van der Waals surface area contributed by atoms with Crippen LogP contribution in [-0.2, 0) is 4.74 Å². The molecule has 0 aromatic heterocycles. The average Bonchev–Trinajstić information content (AvgIpc) is 2.33. The molecule has 1 aromatic carbocycles. The zero-order chi connectivity index (χ0) is 13.2. The fourth-order valence-corrected chi connectivity index (χ4v) is 2.26. The fraction of sp³-hybridized carbons (Fsp3) is 0.500. The number of ether oxygens (including phenoxy) is 1. The van der Waals surface area contributed by atoms with Crippen molar-refractivity contribution in [3.05, 3.63) is 34.9 Å². The Morgan fingerprint density at radius 2 is 1.89 bits per heavy atom. The standard InChI is InChI=1S/C14H17ClO3/c1-14(17)8-6-12(7-9-14)18-13(16)10-2-4-11(15)5-3-10/h2-5,12,17H,6-9H2,1H3/t12-,14-. The van der Waals surface area contributed by atoms with Gasteiger partial charge in [-0.25, -0.2) is 4.79 Å². The van der Waals surface area contributed by atoms with Gasteiger partial charge >= 0.3 is 5.97 Å². The molecule has 0 spiro atoms. The maximum absolute atomic E-state index is 11.9. The first-order valence-electron chi connectivity index (χ1n) is 6.15. The molecule has 4 heteroatoms. The maximum atomic E-state index is 11.9. The van der Waals surface area contributed by atoms with Crippen LogP contribution in [0.25, 0.3) is 0 Å². The van der Waals surface area contributed by atoms with Crippen LogP contribution in [0.1, 0.15) is 43.0 Å². The average molecular weight is 269 g/mol. The van der Waals surface area contributed by atoms with E-state index in [9.17, 15) is 9.90 Å². The van der Waals surface area contributed by atoms with Gasteiger partial charge in [-0.15, -0.1) is 0 Å². The van der Waals surface area contributed by atoms with Crippen LogP contribution in [-0.4, -0.2) is 22.8 Å². The molecule has 0 unspecified atom stereocenters. The van der Waals surface area contributed by atoms with Crippen LogP contribution in [0, 0.1) is 0 Å². The third-order valence-electron chi connectivity index (χ3n) is 3.36. The van der Waals surface area contributed by atoms with Crippen LogP contribution in [0.15, 0.2) is 24.3 Å². The lowest BCUT2D eigenvalue weighted by molar-refractivity contribution is -0.0321. The summed E-state index contributed by atoms with van der Waals surface area (Å²) in [6.07, 6.45) is 2.68. The highest BCUT2D eigenvalue weighted by Gasteiger charge is 2.30. The van der Waals surface area contributed by atoms with Gasteiger partial charge in [0.1, 0.15) is 6.10 Å². The molecule has 0 atom stereocenters. The lowest BCUT2D eigenvalue weighted by Crippen LogP contribution is -2.34.